The summed E-state index contributed by atoms with van der Waals surface area (Å²) < 4.78 is 3.97. The van der Waals surface area contributed by atoms with Crippen LogP contribution in [0, 0.1) is 32.1 Å². The second-order valence-corrected chi connectivity index (χ2v) is 15.7. The zero-order valence-corrected chi connectivity index (χ0v) is 35.0. The average molecular weight is 881 g/mol. The molecule has 0 unspecified atom stereocenters. The van der Waals surface area contributed by atoms with Crippen molar-refractivity contribution in [1.82, 2.24) is 20.9 Å². The van der Waals surface area contributed by atoms with Crippen LogP contribution < -0.4 is 26.6 Å². The van der Waals surface area contributed by atoms with E-state index in [1.807, 2.05) is 35.0 Å². The van der Waals surface area contributed by atoms with Gasteiger partial charge in [0.15, 0.2) is 0 Å². The summed E-state index contributed by atoms with van der Waals surface area (Å²) in [5, 5.41) is 40.5. The third-order valence-electron chi connectivity index (χ3n) is 9.40. The molecule has 0 saturated carbocycles. The van der Waals surface area contributed by atoms with Crippen LogP contribution in [0.3, 0.4) is 0 Å². The van der Waals surface area contributed by atoms with Crippen LogP contribution in [-0.2, 0) is 19.1 Å². The van der Waals surface area contributed by atoms with Crippen molar-refractivity contribution < 1.29 is 38.6 Å². The molecule has 4 aromatic rings. The Morgan fingerprint density at radius 3 is 1.48 bits per heavy atom. The SMILES string of the molecule is C.CC(=O)N1CCC(CNC(=O)Nc2cc(-c3cccs3)ccc2[N+](=O)[O-])CC1.CC(=O)OC(C)=O.O=C(NCC1CCNCC1)Nc1cc(-c2cccs2)ccc1[N+](=O)[O-]. The first-order valence-electron chi connectivity index (χ1n) is 19.1. The lowest BCUT2D eigenvalue weighted by Crippen LogP contribution is -2.41. The molecule has 0 atom stereocenters. The molecule has 2 saturated heterocycles. The third-order valence-corrected chi connectivity index (χ3v) is 11.2. The van der Waals surface area contributed by atoms with Gasteiger partial charge in [-0.05, 0) is 109 Å². The number of rotatable bonds is 10. The van der Waals surface area contributed by atoms with E-state index in [4.69, 9.17) is 0 Å². The Hall–Kier alpha value is -6.25. The van der Waals surface area contributed by atoms with Crippen molar-refractivity contribution in [3.63, 3.8) is 0 Å². The molecule has 2 fully saturated rings. The van der Waals surface area contributed by atoms with Gasteiger partial charge in [0.2, 0.25) is 5.91 Å². The van der Waals surface area contributed by atoms with Gasteiger partial charge >= 0.3 is 24.0 Å². The van der Waals surface area contributed by atoms with Crippen molar-refractivity contribution in [1.29, 1.82) is 0 Å². The number of hydrogen-bond donors (Lipinski definition) is 5. The predicted molar refractivity (Wildman–Crippen MR) is 237 cm³/mol. The van der Waals surface area contributed by atoms with E-state index in [1.165, 1.54) is 37.3 Å². The van der Waals surface area contributed by atoms with Crippen LogP contribution in [0.5, 0.6) is 0 Å². The van der Waals surface area contributed by atoms with E-state index in [2.05, 4.69) is 31.3 Å². The summed E-state index contributed by atoms with van der Waals surface area (Å²) >= 11 is 3.07. The molecule has 328 valence electrons. The average Bonchev–Trinajstić information content (AvgIpc) is 3.96. The molecule has 0 aliphatic carbocycles. The normalized spacial score (nSPS) is 13.7. The molecule has 6 rings (SSSR count). The fraction of sp³-hybridized carbons (Fsp3) is 0.390. The number of piperidine rings is 2. The van der Waals surface area contributed by atoms with Gasteiger partial charge in [-0.1, -0.05) is 19.6 Å². The number of anilines is 2. The number of amides is 5. The maximum atomic E-state index is 12.3. The number of carbonyl (C=O) groups excluding carboxylic acids is 5. The second-order valence-electron chi connectivity index (χ2n) is 13.8. The van der Waals surface area contributed by atoms with Gasteiger partial charge in [-0.15, -0.1) is 22.7 Å². The van der Waals surface area contributed by atoms with E-state index in [9.17, 15) is 44.2 Å². The Morgan fingerprint density at radius 1 is 0.705 bits per heavy atom. The van der Waals surface area contributed by atoms with Crippen LogP contribution in [-0.4, -0.2) is 83.9 Å². The topological polar surface area (TPSA) is 244 Å². The van der Waals surface area contributed by atoms with Crippen LogP contribution in [0.4, 0.5) is 32.3 Å². The number of likely N-dealkylation sites (tertiary alicyclic amines) is 1. The molecule has 2 aliphatic rings. The number of nitro groups is 2. The van der Waals surface area contributed by atoms with Gasteiger partial charge < -0.3 is 36.2 Å². The molecule has 5 amide bonds. The Bertz CT molecular complexity index is 2090. The first-order valence-corrected chi connectivity index (χ1v) is 20.9. The number of carbonyl (C=O) groups is 5. The molecule has 4 heterocycles. The lowest BCUT2D eigenvalue weighted by atomic mass is 9.97. The van der Waals surface area contributed by atoms with Crippen molar-refractivity contribution in [3.05, 3.63) is 91.7 Å². The molecule has 20 heteroatoms. The largest absolute Gasteiger partial charge is 0.394 e. The molecule has 0 bridgehead atoms. The number of hydrogen-bond acceptors (Lipinski definition) is 13. The van der Waals surface area contributed by atoms with Crippen molar-refractivity contribution in [2.75, 3.05) is 49.9 Å². The van der Waals surface area contributed by atoms with Gasteiger partial charge in [0.1, 0.15) is 11.4 Å². The van der Waals surface area contributed by atoms with Gasteiger partial charge in [0.05, 0.1) is 9.85 Å². The van der Waals surface area contributed by atoms with Crippen molar-refractivity contribution in [2.45, 2.75) is 53.9 Å². The van der Waals surface area contributed by atoms with Crippen molar-refractivity contribution in [2.24, 2.45) is 11.8 Å². The van der Waals surface area contributed by atoms with Gasteiger partial charge in [-0.3, -0.25) is 34.6 Å². The van der Waals surface area contributed by atoms with E-state index < -0.39 is 33.8 Å². The minimum absolute atomic E-state index is 0. The minimum atomic E-state index is -0.562. The second kappa shape index (κ2) is 24.7. The first-order chi connectivity index (χ1) is 28.7. The van der Waals surface area contributed by atoms with E-state index >= 15 is 0 Å². The van der Waals surface area contributed by atoms with Gasteiger partial charge in [-0.25, -0.2) is 9.59 Å². The molecule has 2 aliphatic heterocycles. The number of nitro benzene ring substituents is 2. The Morgan fingerprint density at radius 2 is 1.13 bits per heavy atom. The lowest BCUT2D eigenvalue weighted by molar-refractivity contribution is -0.384. The molecule has 5 N–H and O–H groups in total. The number of ether oxygens (including phenoxy) is 1. The maximum Gasteiger partial charge on any atom is 0.319 e. The van der Waals surface area contributed by atoms with Crippen LogP contribution in [0.1, 0.15) is 53.9 Å². The highest BCUT2D eigenvalue weighted by molar-refractivity contribution is 7.13. The number of benzene rings is 2. The van der Waals surface area contributed by atoms with Gasteiger partial charge in [0, 0.05) is 68.8 Å². The zero-order chi connectivity index (χ0) is 43.6. The van der Waals surface area contributed by atoms with E-state index in [-0.39, 0.29) is 42.0 Å². The van der Waals surface area contributed by atoms with Crippen molar-refractivity contribution in [3.8, 4) is 20.9 Å². The molecule has 2 aromatic heterocycles. The molecular weight excluding hydrogens is 829 g/mol. The number of thiophene rings is 2. The zero-order valence-electron chi connectivity index (χ0n) is 33.4. The monoisotopic (exact) mass is 880 g/mol. The van der Waals surface area contributed by atoms with E-state index in [0.717, 1.165) is 59.7 Å². The Kier molecular flexibility index (Phi) is 19.9. The molecule has 2 aromatic carbocycles. The number of urea groups is 2. The predicted octanol–water partition coefficient (Wildman–Crippen LogP) is 7.88. The summed E-state index contributed by atoms with van der Waals surface area (Å²) in [5.41, 5.74) is 1.77. The summed E-state index contributed by atoms with van der Waals surface area (Å²) in [5.74, 6) is -0.324. The number of nitrogens with zero attached hydrogens (tertiary/aromatic N) is 3. The molecule has 18 nitrogen and oxygen atoms in total. The summed E-state index contributed by atoms with van der Waals surface area (Å²) in [6.07, 6.45) is 3.70. The highest BCUT2D eigenvalue weighted by atomic mass is 32.1. The molecule has 0 radical (unpaired) electrons. The standard InChI is InChI=1S/C19H22N4O4S.C17H20N4O3S.C4H6O3.CH4/c1-13(24)22-8-6-14(7-9-22)12-20-19(25)21-16-11-15(18-3-2-10-28-18)4-5-17(16)23(26)27;22-17(19-11-12-5-7-18-8-6-12)20-14-10-13(16-2-1-9-25-16)3-4-15(14)21(23)24;1-3(5)7-4(2)6;/h2-5,10-11,14H,6-9,12H2,1H3,(H2,20,21,25);1-4,9-10,12,18H,5-8,11H2,(H2,19,20,22);1-2H3;1H4. The quantitative estimate of drug-likeness (QED) is 0.0444. The van der Waals surface area contributed by atoms with Crippen molar-refractivity contribution >= 4 is 75.3 Å². The molecule has 61 heavy (non-hydrogen) atoms. The summed E-state index contributed by atoms with van der Waals surface area (Å²) in [6, 6.07) is 16.3. The van der Waals surface area contributed by atoms with E-state index in [0.29, 0.717) is 32.1 Å². The highest BCUT2D eigenvalue weighted by Gasteiger charge is 2.23. The van der Waals surface area contributed by atoms with Gasteiger partial charge in [-0.2, -0.15) is 0 Å². The van der Waals surface area contributed by atoms with Crippen LogP contribution in [0.15, 0.2) is 71.4 Å². The first kappa shape index (κ1) is 49.1. The van der Waals surface area contributed by atoms with Gasteiger partial charge in [0.25, 0.3) is 11.4 Å². The minimum Gasteiger partial charge on any atom is -0.394 e. The number of nitrogens with one attached hydrogen (secondary N) is 5. The van der Waals surface area contributed by atoms with Crippen LogP contribution >= 0.6 is 22.7 Å². The molecule has 0 spiro atoms. The summed E-state index contributed by atoms with van der Waals surface area (Å²) in [7, 11) is 0. The molecular formula is C41H52N8O10S2. The highest BCUT2D eigenvalue weighted by Crippen LogP contribution is 2.34. The fourth-order valence-corrected chi connectivity index (χ4v) is 7.78. The third kappa shape index (κ3) is 16.4. The Balaban J connectivity index is 0.000000279. The fourth-order valence-electron chi connectivity index (χ4n) is 6.33. The van der Waals surface area contributed by atoms with Crippen LogP contribution in [0.25, 0.3) is 20.9 Å². The number of esters is 2. The van der Waals surface area contributed by atoms with Crippen LogP contribution in [0.2, 0.25) is 0 Å². The summed E-state index contributed by atoms with van der Waals surface area (Å²) in [4.78, 5) is 80.8. The smallest absolute Gasteiger partial charge is 0.319 e. The maximum absolute atomic E-state index is 12.3. The Labute approximate surface area is 361 Å². The summed E-state index contributed by atoms with van der Waals surface area (Å²) in [6.45, 7) is 8.27. The van der Waals surface area contributed by atoms with E-state index in [1.54, 1.807) is 47.4 Å². The lowest BCUT2D eigenvalue weighted by Gasteiger charge is -2.31.